The van der Waals surface area contributed by atoms with E-state index >= 15 is 0 Å². The van der Waals surface area contributed by atoms with Crippen LogP contribution >= 0.6 is 0 Å². The molecule has 0 bridgehead atoms. The number of benzene rings is 2. The molecule has 3 atom stereocenters. The van der Waals surface area contributed by atoms with Crippen molar-refractivity contribution in [1.29, 1.82) is 0 Å². The Bertz CT molecular complexity index is 833. The van der Waals surface area contributed by atoms with Crippen LogP contribution in [0.5, 0.6) is 0 Å². The van der Waals surface area contributed by atoms with Gasteiger partial charge in [-0.2, -0.15) is 26.3 Å². The smallest absolute Gasteiger partial charge is 0.349 e. The topological polar surface area (TPSA) is 30.5 Å². The number of rotatable bonds is 4. The molecule has 1 saturated heterocycles. The molecule has 0 unspecified atom stereocenters. The van der Waals surface area contributed by atoms with Gasteiger partial charge in [0.25, 0.3) is 0 Å². The van der Waals surface area contributed by atoms with Gasteiger partial charge in [0.2, 0.25) is 0 Å². The quantitative estimate of drug-likeness (QED) is 0.630. The lowest BCUT2D eigenvalue weighted by Gasteiger charge is -2.34. The molecule has 3 rings (SSSR count). The monoisotopic (exact) mass is 437 g/mol. The molecule has 0 spiro atoms. The Labute approximate surface area is 167 Å². The van der Waals surface area contributed by atoms with Crippen LogP contribution in [-0.4, -0.2) is 19.4 Å². The van der Waals surface area contributed by atoms with Gasteiger partial charge in [0.15, 0.2) is 6.29 Å². The van der Waals surface area contributed by atoms with Gasteiger partial charge >= 0.3 is 12.4 Å². The number of morpholine rings is 1. The molecule has 1 heterocycles. The molecule has 1 N–H and O–H groups in total. The lowest BCUT2D eigenvalue weighted by atomic mass is 10.0. The number of hydrogen-bond acceptors (Lipinski definition) is 3. The van der Waals surface area contributed by atoms with Crippen LogP contribution in [0.3, 0.4) is 0 Å². The first-order valence-corrected chi connectivity index (χ1v) is 9.00. The molecule has 0 aliphatic carbocycles. The number of ether oxygens (including phenoxy) is 2. The van der Waals surface area contributed by atoms with Gasteiger partial charge in [-0.05, 0) is 48.4 Å². The second-order valence-electron chi connectivity index (χ2n) is 6.84. The molecular weight excluding hydrogens is 419 g/mol. The Morgan fingerprint density at radius 2 is 1.53 bits per heavy atom. The summed E-state index contributed by atoms with van der Waals surface area (Å²) in [7, 11) is 0. The fourth-order valence-corrected chi connectivity index (χ4v) is 3.14. The zero-order valence-electron chi connectivity index (χ0n) is 15.6. The summed E-state index contributed by atoms with van der Waals surface area (Å²) in [4.78, 5) is 0. The SMILES string of the molecule is C[C@@H](O[C@H]1OCCN[C@@H]1c1ccc(F)cc1)c1cc(C(F)(F)F)cc(C(F)(F)F)c1. The highest BCUT2D eigenvalue weighted by Gasteiger charge is 2.38. The van der Waals surface area contributed by atoms with Crippen LogP contribution in [-0.2, 0) is 21.8 Å². The Kier molecular flexibility index (Phi) is 6.40. The van der Waals surface area contributed by atoms with Crippen LogP contribution < -0.4 is 5.32 Å². The van der Waals surface area contributed by atoms with Crippen molar-refractivity contribution in [2.75, 3.05) is 13.2 Å². The van der Waals surface area contributed by atoms with Gasteiger partial charge in [-0.25, -0.2) is 4.39 Å². The van der Waals surface area contributed by atoms with Gasteiger partial charge < -0.3 is 14.8 Å². The molecule has 30 heavy (non-hydrogen) atoms. The van der Waals surface area contributed by atoms with E-state index in [0.717, 1.165) is 0 Å². The van der Waals surface area contributed by atoms with Crippen molar-refractivity contribution in [1.82, 2.24) is 5.32 Å². The summed E-state index contributed by atoms with van der Waals surface area (Å²) in [5, 5.41) is 3.10. The molecule has 3 nitrogen and oxygen atoms in total. The summed E-state index contributed by atoms with van der Waals surface area (Å²) in [6, 6.07) is 6.20. The third-order valence-corrected chi connectivity index (χ3v) is 4.67. The summed E-state index contributed by atoms with van der Waals surface area (Å²) >= 11 is 0. The fourth-order valence-electron chi connectivity index (χ4n) is 3.14. The first-order valence-electron chi connectivity index (χ1n) is 9.00. The van der Waals surface area contributed by atoms with E-state index in [4.69, 9.17) is 9.47 Å². The van der Waals surface area contributed by atoms with Crippen molar-refractivity contribution < 1.29 is 40.2 Å². The molecule has 10 heteroatoms. The van der Waals surface area contributed by atoms with E-state index < -0.39 is 47.7 Å². The van der Waals surface area contributed by atoms with E-state index in [1.807, 2.05) is 0 Å². The lowest BCUT2D eigenvalue weighted by Crippen LogP contribution is -2.43. The Morgan fingerprint density at radius 1 is 0.967 bits per heavy atom. The van der Waals surface area contributed by atoms with Gasteiger partial charge in [-0.3, -0.25) is 0 Å². The highest BCUT2D eigenvalue weighted by atomic mass is 19.4. The molecule has 1 aliphatic rings. The predicted molar refractivity (Wildman–Crippen MR) is 92.8 cm³/mol. The number of hydrogen-bond donors (Lipinski definition) is 1. The maximum atomic E-state index is 13.2. The molecule has 0 saturated carbocycles. The van der Waals surface area contributed by atoms with Crippen molar-refractivity contribution in [2.45, 2.75) is 37.7 Å². The zero-order chi connectivity index (χ0) is 22.1. The van der Waals surface area contributed by atoms with Crippen LogP contribution in [0.25, 0.3) is 0 Å². The van der Waals surface area contributed by atoms with Crippen LogP contribution in [0.2, 0.25) is 0 Å². The van der Waals surface area contributed by atoms with Gasteiger partial charge in [-0.1, -0.05) is 12.1 Å². The molecule has 0 amide bonds. The van der Waals surface area contributed by atoms with Crippen LogP contribution in [0.15, 0.2) is 42.5 Å². The van der Waals surface area contributed by atoms with E-state index in [0.29, 0.717) is 24.2 Å². The normalized spacial score (nSPS) is 21.5. The largest absolute Gasteiger partial charge is 0.416 e. The first-order chi connectivity index (χ1) is 13.9. The Hall–Kier alpha value is -2.17. The van der Waals surface area contributed by atoms with Crippen molar-refractivity contribution in [3.8, 4) is 0 Å². The van der Waals surface area contributed by atoms with E-state index in [9.17, 15) is 30.7 Å². The van der Waals surface area contributed by atoms with E-state index in [1.54, 1.807) is 0 Å². The van der Waals surface area contributed by atoms with Gasteiger partial charge in [0.05, 0.1) is 29.9 Å². The first kappa shape index (κ1) is 22.5. The summed E-state index contributed by atoms with van der Waals surface area (Å²) in [6.45, 7) is 2.01. The van der Waals surface area contributed by atoms with E-state index in [2.05, 4.69) is 5.32 Å². The number of nitrogens with one attached hydrogen (secondary N) is 1. The minimum Gasteiger partial charge on any atom is -0.349 e. The summed E-state index contributed by atoms with van der Waals surface area (Å²) in [6.07, 6.45) is -12.0. The molecule has 1 fully saturated rings. The molecule has 1 aliphatic heterocycles. The summed E-state index contributed by atoms with van der Waals surface area (Å²) in [5.74, 6) is -0.454. The van der Waals surface area contributed by atoms with Gasteiger partial charge in [-0.15, -0.1) is 0 Å². The molecule has 0 radical (unpaired) electrons. The molecule has 2 aromatic rings. The third kappa shape index (κ3) is 5.30. The Morgan fingerprint density at radius 3 is 2.07 bits per heavy atom. The second-order valence-corrected chi connectivity index (χ2v) is 6.84. The lowest BCUT2D eigenvalue weighted by molar-refractivity contribution is -0.200. The Balaban J connectivity index is 1.88. The van der Waals surface area contributed by atoms with Crippen molar-refractivity contribution >= 4 is 0 Å². The zero-order valence-corrected chi connectivity index (χ0v) is 15.6. The van der Waals surface area contributed by atoms with Gasteiger partial charge in [0.1, 0.15) is 5.82 Å². The van der Waals surface area contributed by atoms with Crippen LogP contribution in [0.1, 0.15) is 41.3 Å². The third-order valence-electron chi connectivity index (χ3n) is 4.67. The van der Waals surface area contributed by atoms with E-state index in [-0.39, 0.29) is 18.2 Å². The van der Waals surface area contributed by atoms with Crippen molar-refractivity contribution in [3.63, 3.8) is 0 Å². The highest BCUT2D eigenvalue weighted by Crippen LogP contribution is 2.38. The van der Waals surface area contributed by atoms with E-state index in [1.165, 1.54) is 31.2 Å². The predicted octanol–water partition coefficient (Wildman–Crippen LogP) is 5.63. The standard InChI is InChI=1S/C20H18F7NO2/c1-11(13-8-14(19(22,23)24)10-15(9-13)20(25,26)27)30-18-17(28-6-7-29-18)12-2-4-16(21)5-3-12/h2-5,8-11,17-18,28H,6-7H2,1H3/t11-,17-,18-/m1/s1. The maximum Gasteiger partial charge on any atom is 0.416 e. The number of alkyl halides is 6. The van der Waals surface area contributed by atoms with Gasteiger partial charge in [0, 0.05) is 6.54 Å². The van der Waals surface area contributed by atoms with Crippen LogP contribution in [0, 0.1) is 5.82 Å². The highest BCUT2D eigenvalue weighted by molar-refractivity contribution is 5.34. The second kappa shape index (κ2) is 8.52. The minimum absolute atomic E-state index is 0.0657. The average molecular weight is 437 g/mol. The molecule has 164 valence electrons. The number of halogens is 7. The summed E-state index contributed by atoms with van der Waals surface area (Å²) < 4.78 is 103. The minimum atomic E-state index is -4.95. The maximum absolute atomic E-state index is 13.2. The molecule has 0 aromatic heterocycles. The van der Waals surface area contributed by atoms with Crippen LogP contribution in [0.4, 0.5) is 30.7 Å². The molecular formula is C20H18F7NO2. The fraction of sp³-hybridized carbons (Fsp3) is 0.400. The van der Waals surface area contributed by atoms with Crippen molar-refractivity contribution in [3.05, 3.63) is 70.5 Å². The average Bonchev–Trinajstić information content (AvgIpc) is 2.67. The van der Waals surface area contributed by atoms with Crippen molar-refractivity contribution in [2.24, 2.45) is 0 Å². The molecule has 2 aromatic carbocycles. The summed E-state index contributed by atoms with van der Waals surface area (Å²) in [5.41, 5.74) is -2.52.